The van der Waals surface area contributed by atoms with Gasteiger partial charge in [0.05, 0.1) is 24.3 Å². The number of ether oxygens (including phenoxy) is 1. The molecule has 0 radical (unpaired) electrons. The van der Waals surface area contributed by atoms with Gasteiger partial charge in [0.15, 0.2) is 5.41 Å². The van der Waals surface area contributed by atoms with Gasteiger partial charge >= 0.3 is 6.36 Å². The summed E-state index contributed by atoms with van der Waals surface area (Å²) in [5, 5.41) is 18.7. The number of pyridine rings is 1. The topological polar surface area (TPSA) is 122 Å². The number of nitriles is 2. The maximum atomic E-state index is 13.6. The average molecular weight is 579 g/mol. The summed E-state index contributed by atoms with van der Waals surface area (Å²) in [4.78, 5) is 30.8. The second kappa shape index (κ2) is 11.0. The summed E-state index contributed by atoms with van der Waals surface area (Å²) in [6, 6.07) is 5.34. The Morgan fingerprint density at radius 2 is 1.80 bits per heavy atom. The molecule has 1 fully saturated rings. The molecule has 10 nitrogen and oxygen atoms in total. The molecule has 0 aliphatic carbocycles. The van der Waals surface area contributed by atoms with Gasteiger partial charge in [-0.05, 0) is 26.0 Å². The van der Waals surface area contributed by atoms with Gasteiger partial charge < -0.3 is 14.7 Å². The molecule has 2 aliphatic heterocycles. The van der Waals surface area contributed by atoms with Crippen molar-refractivity contribution in [1.82, 2.24) is 19.9 Å². The number of anilines is 3. The molecule has 1 amide bonds. The molecule has 4 rings (SSSR count). The van der Waals surface area contributed by atoms with E-state index in [1.165, 1.54) is 35.6 Å². The highest BCUT2D eigenvalue weighted by Crippen LogP contribution is 2.48. The maximum Gasteiger partial charge on any atom is 0.522 e. The molecule has 15 heteroatoms. The van der Waals surface area contributed by atoms with E-state index in [0.717, 1.165) is 0 Å². The van der Waals surface area contributed by atoms with Gasteiger partial charge in [0.2, 0.25) is 5.91 Å². The van der Waals surface area contributed by atoms with Crippen LogP contribution in [-0.4, -0.2) is 83.8 Å². The third-order valence-corrected chi connectivity index (χ3v) is 7.48. The Kier molecular flexibility index (Phi) is 8.05. The molecule has 2 aromatic heterocycles. The Hall–Kier alpha value is -4.11. The minimum Gasteiger partial charge on any atom is -0.350 e. The lowest BCUT2D eigenvalue weighted by Crippen LogP contribution is -2.62. The molecule has 2 aromatic rings. The zero-order valence-corrected chi connectivity index (χ0v) is 22.5. The molecule has 0 aromatic carbocycles. The summed E-state index contributed by atoms with van der Waals surface area (Å²) in [7, 11) is 0. The van der Waals surface area contributed by atoms with Gasteiger partial charge in [0, 0.05) is 48.9 Å². The van der Waals surface area contributed by atoms with Crippen LogP contribution < -0.4 is 9.80 Å². The van der Waals surface area contributed by atoms with Crippen molar-refractivity contribution in [3.8, 4) is 12.1 Å². The number of nitrogens with zero attached hydrogens (tertiary/aromatic N) is 8. The van der Waals surface area contributed by atoms with Crippen LogP contribution in [-0.2, 0) is 14.9 Å². The molecule has 1 unspecified atom stereocenters. The molecule has 3 atom stereocenters. The fourth-order valence-corrected chi connectivity index (χ4v) is 5.25. The first kappa shape index (κ1) is 29.9. The van der Waals surface area contributed by atoms with Crippen molar-refractivity contribution >= 4 is 23.4 Å². The van der Waals surface area contributed by atoms with Crippen LogP contribution in [0.4, 0.5) is 39.4 Å². The number of piperazine rings is 1. The van der Waals surface area contributed by atoms with Crippen LogP contribution in [0.25, 0.3) is 0 Å². The van der Waals surface area contributed by atoms with Crippen molar-refractivity contribution < 1.29 is 31.5 Å². The fourth-order valence-electron chi connectivity index (χ4n) is 5.25. The SMILES string of the molecule is C[C@@H]1CN(c2ncnc3c2C(C)(COC(F)(F)F)CN3c2cc(C#N)ccn2)[C@@H](C)CN1C(=O)C(C#N)(CF)CF. The minimum atomic E-state index is -4.90. The first-order chi connectivity index (χ1) is 19.3. The number of amides is 1. The van der Waals surface area contributed by atoms with Crippen molar-refractivity contribution in [1.29, 1.82) is 10.5 Å². The van der Waals surface area contributed by atoms with E-state index in [1.807, 2.05) is 6.07 Å². The molecular formula is C26H27F5N8O2. The summed E-state index contributed by atoms with van der Waals surface area (Å²) < 4.78 is 71.2. The van der Waals surface area contributed by atoms with Crippen LogP contribution in [0.1, 0.15) is 31.9 Å². The Labute approximate surface area is 233 Å². The predicted octanol–water partition coefficient (Wildman–Crippen LogP) is 3.56. The molecule has 0 N–H and O–H groups in total. The van der Waals surface area contributed by atoms with E-state index in [9.17, 15) is 37.3 Å². The van der Waals surface area contributed by atoms with Crippen molar-refractivity contribution in [2.45, 2.75) is 44.6 Å². The Balaban J connectivity index is 1.76. The fraction of sp³-hybridized carbons (Fsp3) is 0.538. The van der Waals surface area contributed by atoms with Gasteiger partial charge in [-0.1, -0.05) is 6.92 Å². The van der Waals surface area contributed by atoms with Crippen molar-refractivity contribution in [2.75, 3.05) is 49.4 Å². The van der Waals surface area contributed by atoms with Gasteiger partial charge in [-0.25, -0.2) is 23.7 Å². The lowest BCUT2D eigenvalue weighted by molar-refractivity contribution is -0.329. The summed E-state index contributed by atoms with van der Waals surface area (Å²) in [6.45, 7) is 1.30. The standard InChI is InChI=1S/C26H27F5N8O2/c1-16-9-38(23(40)25(10-27,11-28)12-33)17(2)8-37(16)21-20-22(36-15-35-21)39(19-6-18(7-32)4-5-34-19)13-24(20,3)14-41-26(29,30)31/h4-6,15-17H,8-11,13-14H2,1-3H3/t16-,17+,24?/m0/s1. The van der Waals surface area contributed by atoms with Gasteiger partial charge in [-0.15, -0.1) is 13.2 Å². The summed E-state index contributed by atoms with van der Waals surface area (Å²) in [5.41, 5.74) is -3.08. The van der Waals surface area contributed by atoms with E-state index in [4.69, 9.17) is 0 Å². The number of carbonyl (C=O) groups is 1. The largest absolute Gasteiger partial charge is 0.522 e. The van der Waals surface area contributed by atoms with Crippen LogP contribution in [0.2, 0.25) is 0 Å². The molecule has 41 heavy (non-hydrogen) atoms. The molecule has 0 saturated carbocycles. The second-order valence-corrected chi connectivity index (χ2v) is 10.6. The highest BCUT2D eigenvalue weighted by Gasteiger charge is 2.50. The first-order valence-electron chi connectivity index (χ1n) is 12.6. The number of carbonyl (C=O) groups excluding carboxylic acids is 1. The van der Waals surface area contributed by atoms with E-state index < -0.39 is 55.1 Å². The lowest BCUT2D eigenvalue weighted by Gasteiger charge is -2.47. The highest BCUT2D eigenvalue weighted by atomic mass is 19.4. The van der Waals surface area contributed by atoms with Gasteiger partial charge in [0.25, 0.3) is 0 Å². The number of hydrogen-bond acceptors (Lipinski definition) is 9. The van der Waals surface area contributed by atoms with Gasteiger partial charge in [0.1, 0.15) is 37.1 Å². The molecule has 0 spiro atoms. The van der Waals surface area contributed by atoms with E-state index in [-0.39, 0.29) is 25.5 Å². The Morgan fingerprint density at radius 1 is 1.12 bits per heavy atom. The number of aromatic nitrogens is 3. The summed E-state index contributed by atoms with van der Waals surface area (Å²) in [5.74, 6) is -0.0819. The lowest BCUT2D eigenvalue weighted by atomic mass is 9.85. The number of rotatable bonds is 7. The van der Waals surface area contributed by atoms with Crippen molar-refractivity contribution in [3.05, 3.63) is 35.8 Å². The third-order valence-electron chi connectivity index (χ3n) is 7.48. The van der Waals surface area contributed by atoms with Crippen LogP contribution in [0.5, 0.6) is 0 Å². The minimum absolute atomic E-state index is 0.0204. The number of hydrogen-bond donors (Lipinski definition) is 0. The van der Waals surface area contributed by atoms with Gasteiger partial charge in [-0.3, -0.25) is 9.53 Å². The van der Waals surface area contributed by atoms with Crippen LogP contribution >= 0.6 is 0 Å². The Morgan fingerprint density at radius 3 is 2.41 bits per heavy atom. The van der Waals surface area contributed by atoms with Crippen molar-refractivity contribution in [3.63, 3.8) is 0 Å². The number of fused-ring (bicyclic) bond motifs is 1. The quantitative estimate of drug-likeness (QED) is 0.454. The number of halogens is 5. The molecule has 0 bridgehead atoms. The number of alkyl halides is 5. The molecule has 2 aliphatic rings. The molecule has 4 heterocycles. The zero-order valence-electron chi connectivity index (χ0n) is 22.5. The van der Waals surface area contributed by atoms with Gasteiger partial charge in [-0.2, -0.15) is 10.5 Å². The maximum absolute atomic E-state index is 13.6. The van der Waals surface area contributed by atoms with Crippen LogP contribution in [0.3, 0.4) is 0 Å². The van der Waals surface area contributed by atoms with Crippen LogP contribution in [0.15, 0.2) is 24.7 Å². The molecule has 218 valence electrons. The van der Waals surface area contributed by atoms with E-state index >= 15 is 0 Å². The Bertz CT molecular complexity index is 1390. The summed E-state index contributed by atoms with van der Waals surface area (Å²) in [6.07, 6.45) is -2.24. The predicted molar refractivity (Wildman–Crippen MR) is 135 cm³/mol. The smallest absolute Gasteiger partial charge is 0.350 e. The normalized spacial score (nSPS) is 22.7. The second-order valence-electron chi connectivity index (χ2n) is 10.6. The average Bonchev–Trinajstić information content (AvgIpc) is 3.27. The third kappa shape index (κ3) is 5.46. The molecule has 1 saturated heterocycles. The van der Waals surface area contributed by atoms with E-state index in [0.29, 0.717) is 22.8 Å². The zero-order chi connectivity index (χ0) is 30.2. The first-order valence-corrected chi connectivity index (χ1v) is 12.6. The van der Waals surface area contributed by atoms with Crippen LogP contribution in [0, 0.1) is 28.1 Å². The molecular weight excluding hydrogens is 551 g/mol. The highest BCUT2D eigenvalue weighted by molar-refractivity contribution is 5.86. The van der Waals surface area contributed by atoms with E-state index in [1.54, 1.807) is 30.6 Å². The summed E-state index contributed by atoms with van der Waals surface area (Å²) >= 11 is 0. The van der Waals surface area contributed by atoms with Crippen molar-refractivity contribution in [2.24, 2.45) is 5.41 Å². The monoisotopic (exact) mass is 578 g/mol. The van der Waals surface area contributed by atoms with E-state index in [2.05, 4.69) is 19.7 Å².